The molecular weight excluding hydrogens is 282 g/mol. The SMILES string of the molecule is Cc1ccc2c(c1)CCCN2C(=O)Cn1cc(C(=O)O)cn1. The van der Waals surface area contributed by atoms with Crippen molar-refractivity contribution in [1.29, 1.82) is 0 Å². The fourth-order valence-electron chi connectivity index (χ4n) is 2.77. The minimum Gasteiger partial charge on any atom is -0.478 e. The molecule has 1 aliphatic heterocycles. The molecule has 0 saturated carbocycles. The maximum Gasteiger partial charge on any atom is 0.338 e. The molecule has 114 valence electrons. The van der Waals surface area contributed by atoms with Crippen LogP contribution in [-0.4, -0.2) is 33.3 Å². The van der Waals surface area contributed by atoms with E-state index < -0.39 is 5.97 Å². The first-order chi connectivity index (χ1) is 10.5. The molecule has 1 aliphatic rings. The molecule has 0 radical (unpaired) electrons. The van der Waals surface area contributed by atoms with Crippen molar-refractivity contribution in [1.82, 2.24) is 9.78 Å². The van der Waals surface area contributed by atoms with Crippen molar-refractivity contribution in [3.8, 4) is 0 Å². The van der Waals surface area contributed by atoms with Crippen molar-refractivity contribution in [3.63, 3.8) is 0 Å². The fourth-order valence-corrected chi connectivity index (χ4v) is 2.77. The number of fused-ring (bicyclic) bond motifs is 1. The predicted octanol–water partition coefficient (Wildman–Crippen LogP) is 1.87. The summed E-state index contributed by atoms with van der Waals surface area (Å²) in [6.07, 6.45) is 4.54. The zero-order chi connectivity index (χ0) is 15.7. The summed E-state index contributed by atoms with van der Waals surface area (Å²) in [6, 6.07) is 6.10. The molecule has 1 aromatic heterocycles. The molecule has 6 heteroatoms. The zero-order valence-electron chi connectivity index (χ0n) is 12.3. The van der Waals surface area contributed by atoms with Gasteiger partial charge in [0, 0.05) is 18.4 Å². The van der Waals surface area contributed by atoms with Gasteiger partial charge in [0.25, 0.3) is 0 Å². The Morgan fingerprint density at radius 3 is 2.91 bits per heavy atom. The van der Waals surface area contributed by atoms with Crippen molar-refractivity contribution < 1.29 is 14.7 Å². The van der Waals surface area contributed by atoms with Crippen LogP contribution >= 0.6 is 0 Å². The lowest BCUT2D eigenvalue weighted by Crippen LogP contribution is -2.37. The number of anilines is 1. The van der Waals surface area contributed by atoms with Crippen molar-refractivity contribution in [2.75, 3.05) is 11.4 Å². The number of carbonyl (C=O) groups excluding carboxylic acids is 1. The number of carboxylic acids is 1. The van der Waals surface area contributed by atoms with Crippen LogP contribution in [0.5, 0.6) is 0 Å². The Morgan fingerprint density at radius 2 is 2.18 bits per heavy atom. The first kappa shape index (κ1) is 14.3. The van der Waals surface area contributed by atoms with Crippen LogP contribution in [0.25, 0.3) is 0 Å². The first-order valence-corrected chi connectivity index (χ1v) is 7.20. The molecule has 1 aromatic carbocycles. The third-order valence-electron chi connectivity index (χ3n) is 3.83. The molecule has 0 atom stereocenters. The molecule has 0 saturated heterocycles. The number of hydrogen-bond acceptors (Lipinski definition) is 3. The third-order valence-corrected chi connectivity index (χ3v) is 3.83. The van der Waals surface area contributed by atoms with Gasteiger partial charge in [-0.3, -0.25) is 9.48 Å². The van der Waals surface area contributed by atoms with Crippen LogP contribution in [0, 0.1) is 6.92 Å². The topological polar surface area (TPSA) is 75.4 Å². The molecule has 6 nitrogen and oxygen atoms in total. The van der Waals surface area contributed by atoms with E-state index in [1.54, 1.807) is 4.90 Å². The van der Waals surface area contributed by atoms with Crippen LogP contribution in [-0.2, 0) is 17.8 Å². The fraction of sp³-hybridized carbons (Fsp3) is 0.312. The van der Waals surface area contributed by atoms with Crippen LogP contribution in [0.15, 0.2) is 30.6 Å². The Labute approximate surface area is 128 Å². The second-order valence-electron chi connectivity index (χ2n) is 5.51. The summed E-state index contributed by atoms with van der Waals surface area (Å²) in [5, 5.41) is 12.8. The normalized spacial score (nSPS) is 13.8. The van der Waals surface area contributed by atoms with Crippen molar-refractivity contribution in [3.05, 3.63) is 47.3 Å². The monoisotopic (exact) mass is 299 g/mol. The van der Waals surface area contributed by atoms with Crippen molar-refractivity contribution >= 4 is 17.6 Å². The summed E-state index contributed by atoms with van der Waals surface area (Å²) in [4.78, 5) is 25.1. The molecule has 0 bridgehead atoms. The van der Waals surface area contributed by atoms with Crippen LogP contribution < -0.4 is 4.90 Å². The highest BCUT2D eigenvalue weighted by atomic mass is 16.4. The van der Waals surface area contributed by atoms with Crippen LogP contribution in [0.4, 0.5) is 5.69 Å². The van der Waals surface area contributed by atoms with Crippen LogP contribution in [0.3, 0.4) is 0 Å². The number of benzene rings is 1. The highest BCUT2D eigenvalue weighted by Crippen LogP contribution is 2.28. The van der Waals surface area contributed by atoms with E-state index in [0.29, 0.717) is 6.54 Å². The minimum absolute atomic E-state index is 0.0423. The molecule has 0 spiro atoms. The van der Waals surface area contributed by atoms with Gasteiger partial charge in [-0.2, -0.15) is 5.10 Å². The van der Waals surface area contributed by atoms with Gasteiger partial charge in [-0.05, 0) is 31.4 Å². The largest absolute Gasteiger partial charge is 0.478 e. The lowest BCUT2D eigenvalue weighted by molar-refractivity contribution is -0.119. The Hall–Kier alpha value is -2.63. The Balaban J connectivity index is 1.80. The molecule has 22 heavy (non-hydrogen) atoms. The predicted molar refractivity (Wildman–Crippen MR) is 81.0 cm³/mol. The molecule has 3 rings (SSSR count). The van der Waals surface area contributed by atoms with E-state index in [4.69, 9.17) is 5.11 Å². The van der Waals surface area contributed by atoms with Gasteiger partial charge in [-0.25, -0.2) is 4.79 Å². The van der Waals surface area contributed by atoms with Gasteiger partial charge in [0.05, 0.1) is 11.8 Å². The quantitative estimate of drug-likeness (QED) is 0.938. The summed E-state index contributed by atoms with van der Waals surface area (Å²) < 4.78 is 1.37. The average molecular weight is 299 g/mol. The first-order valence-electron chi connectivity index (χ1n) is 7.20. The summed E-state index contributed by atoms with van der Waals surface area (Å²) in [5.41, 5.74) is 3.41. The number of carbonyl (C=O) groups is 2. The molecule has 0 fully saturated rings. The number of amides is 1. The smallest absolute Gasteiger partial charge is 0.338 e. The van der Waals surface area contributed by atoms with Crippen molar-refractivity contribution in [2.45, 2.75) is 26.3 Å². The maximum atomic E-state index is 12.5. The van der Waals surface area contributed by atoms with Gasteiger partial charge in [0.15, 0.2) is 0 Å². The van der Waals surface area contributed by atoms with Gasteiger partial charge in [0.1, 0.15) is 6.54 Å². The van der Waals surface area contributed by atoms with Crippen LogP contribution in [0.2, 0.25) is 0 Å². The van der Waals surface area contributed by atoms with E-state index in [1.807, 2.05) is 19.1 Å². The number of carboxylic acid groups (broad SMARTS) is 1. The zero-order valence-corrected chi connectivity index (χ0v) is 12.3. The summed E-state index contributed by atoms with van der Waals surface area (Å²) in [7, 11) is 0. The highest BCUT2D eigenvalue weighted by Gasteiger charge is 2.23. The van der Waals surface area contributed by atoms with E-state index in [1.165, 1.54) is 28.2 Å². The van der Waals surface area contributed by atoms with Gasteiger partial charge in [0.2, 0.25) is 5.91 Å². The molecule has 2 aromatic rings. The Kier molecular flexibility index (Phi) is 3.66. The third kappa shape index (κ3) is 2.72. The molecule has 1 N–H and O–H groups in total. The average Bonchev–Trinajstić information content (AvgIpc) is 2.95. The standard InChI is InChI=1S/C16H17N3O3/c1-11-4-5-14-12(7-11)3-2-6-19(14)15(20)10-18-9-13(8-17-18)16(21)22/h4-5,7-9H,2-3,6,10H2,1H3,(H,21,22). The highest BCUT2D eigenvalue weighted by molar-refractivity contribution is 5.94. The minimum atomic E-state index is -1.04. The molecular formula is C16H17N3O3. The van der Waals surface area contributed by atoms with E-state index in [2.05, 4.69) is 11.2 Å². The summed E-state index contributed by atoms with van der Waals surface area (Å²) in [5.74, 6) is -1.12. The summed E-state index contributed by atoms with van der Waals surface area (Å²) >= 11 is 0. The number of aromatic carboxylic acids is 1. The lowest BCUT2D eigenvalue weighted by Gasteiger charge is -2.29. The van der Waals surface area contributed by atoms with E-state index in [0.717, 1.165) is 18.5 Å². The molecule has 0 aliphatic carbocycles. The van der Waals surface area contributed by atoms with Gasteiger partial charge < -0.3 is 10.0 Å². The van der Waals surface area contributed by atoms with Crippen molar-refractivity contribution in [2.24, 2.45) is 0 Å². The Morgan fingerprint density at radius 1 is 1.36 bits per heavy atom. The van der Waals surface area contributed by atoms with E-state index in [-0.39, 0.29) is 18.0 Å². The van der Waals surface area contributed by atoms with E-state index >= 15 is 0 Å². The molecule has 2 heterocycles. The second-order valence-corrected chi connectivity index (χ2v) is 5.51. The molecule has 1 amide bonds. The Bertz CT molecular complexity index is 736. The van der Waals surface area contributed by atoms with Gasteiger partial charge in [-0.15, -0.1) is 0 Å². The summed E-state index contributed by atoms with van der Waals surface area (Å²) in [6.45, 7) is 2.76. The lowest BCUT2D eigenvalue weighted by atomic mass is 9.99. The number of aryl methyl sites for hydroxylation is 2. The maximum absolute atomic E-state index is 12.5. The van der Waals surface area contributed by atoms with Gasteiger partial charge in [-0.1, -0.05) is 17.7 Å². The number of nitrogens with zero attached hydrogens (tertiary/aromatic N) is 3. The molecule has 0 unspecified atom stereocenters. The number of aromatic nitrogens is 2. The van der Waals surface area contributed by atoms with Gasteiger partial charge >= 0.3 is 5.97 Å². The number of rotatable bonds is 3. The number of hydrogen-bond donors (Lipinski definition) is 1. The van der Waals surface area contributed by atoms with Crippen LogP contribution in [0.1, 0.15) is 27.9 Å². The van der Waals surface area contributed by atoms with E-state index in [9.17, 15) is 9.59 Å². The second kappa shape index (κ2) is 5.63.